The van der Waals surface area contributed by atoms with Crippen molar-refractivity contribution in [3.8, 4) is 0 Å². The van der Waals surface area contributed by atoms with Crippen LogP contribution in [0.4, 0.5) is 0 Å². The molecule has 34 heavy (non-hydrogen) atoms. The van der Waals surface area contributed by atoms with E-state index in [1.807, 2.05) is 30.3 Å². The Bertz CT molecular complexity index is 1210. The van der Waals surface area contributed by atoms with E-state index in [0.29, 0.717) is 18.5 Å². The fourth-order valence-electron chi connectivity index (χ4n) is 5.54. The number of rotatable bonds is 7. The van der Waals surface area contributed by atoms with Crippen molar-refractivity contribution in [2.45, 2.75) is 25.4 Å². The molecule has 2 N–H and O–H groups in total. The summed E-state index contributed by atoms with van der Waals surface area (Å²) in [4.78, 5) is 29.9. The van der Waals surface area contributed by atoms with Gasteiger partial charge in [-0.15, -0.1) is 0 Å². The lowest BCUT2D eigenvalue weighted by Gasteiger charge is -2.41. The van der Waals surface area contributed by atoms with E-state index < -0.39 is 5.91 Å². The molecule has 1 amide bonds. The van der Waals surface area contributed by atoms with E-state index in [9.17, 15) is 9.59 Å². The summed E-state index contributed by atoms with van der Waals surface area (Å²) in [5.41, 5.74) is 10.1. The maximum atomic E-state index is 13.2. The highest BCUT2D eigenvalue weighted by molar-refractivity contribution is 6.10. The summed E-state index contributed by atoms with van der Waals surface area (Å²) in [6.45, 7) is 6.25. The average Bonchev–Trinajstić information content (AvgIpc) is 3.19. The molecule has 7 nitrogen and oxygen atoms in total. The third kappa shape index (κ3) is 4.27. The second-order valence-electron chi connectivity index (χ2n) is 9.28. The fourth-order valence-corrected chi connectivity index (χ4v) is 5.54. The standard InChI is InChI=1S/C27H32N4O3/c1-34-16-15-29-11-13-30(14-12-29)23-9-10-24(32)25-21-7-2-3-8-22(21)31(26(23)25)18-19-5-4-6-20(17-19)27(28)33/h2-8,17,23H,9-16,18H2,1H3,(H2,28,33). The Morgan fingerprint density at radius 2 is 1.88 bits per heavy atom. The van der Waals surface area contributed by atoms with Crippen molar-refractivity contribution in [1.29, 1.82) is 0 Å². The summed E-state index contributed by atoms with van der Waals surface area (Å²) in [6.07, 6.45) is 1.41. The summed E-state index contributed by atoms with van der Waals surface area (Å²) in [5, 5.41) is 1.02. The van der Waals surface area contributed by atoms with Crippen molar-refractivity contribution < 1.29 is 14.3 Å². The van der Waals surface area contributed by atoms with Crippen molar-refractivity contribution >= 4 is 22.6 Å². The number of fused-ring (bicyclic) bond motifs is 3. The molecule has 1 fully saturated rings. The van der Waals surface area contributed by atoms with Crippen LogP contribution in [0.15, 0.2) is 48.5 Å². The number of nitrogens with zero attached hydrogens (tertiary/aromatic N) is 3. The highest BCUT2D eigenvalue weighted by Crippen LogP contribution is 2.41. The molecule has 1 unspecified atom stereocenters. The number of carbonyl (C=O) groups is 2. The lowest BCUT2D eigenvalue weighted by Crippen LogP contribution is -2.49. The quantitative estimate of drug-likeness (QED) is 0.586. The Morgan fingerprint density at radius 3 is 2.65 bits per heavy atom. The van der Waals surface area contributed by atoms with Gasteiger partial charge in [0.05, 0.1) is 12.6 Å². The van der Waals surface area contributed by atoms with Gasteiger partial charge in [0.2, 0.25) is 5.91 Å². The number of hydrogen-bond acceptors (Lipinski definition) is 5. The van der Waals surface area contributed by atoms with Gasteiger partial charge in [0.1, 0.15) is 0 Å². The van der Waals surface area contributed by atoms with Gasteiger partial charge in [0.25, 0.3) is 0 Å². The molecule has 5 rings (SSSR count). The minimum Gasteiger partial charge on any atom is -0.383 e. The predicted molar refractivity (Wildman–Crippen MR) is 132 cm³/mol. The predicted octanol–water partition coefficient (Wildman–Crippen LogP) is 3.07. The van der Waals surface area contributed by atoms with Crippen LogP contribution in [0.25, 0.3) is 10.9 Å². The molecule has 1 atom stereocenters. The zero-order valence-corrected chi connectivity index (χ0v) is 19.7. The van der Waals surface area contributed by atoms with Crippen LogP contribution in [0, 0.1) is 0 Å². The van der Waals surface area contributed by atoms with Crippen molar-refractivity contribution in [3.63, 3.8) is 0 Å². The van der Waals surface area contributed by atoms with Gasteiger partial charge < -0.3 is 15.0 Å². The molecule has 3 aromatic rings. The number of amides is 1. The van der Waals surface area contributed by atoms with Gasteiger partial charge in [-0.25, -0.2) is 0 Å². The first-order valence-electron chi connectivity index (χ1n) is 12.0. The maximum absolute atomic E-state index is 13.2. The van der Waals surface area contributed by atoms with E-state index in [0.717, 1.165) is 73.5 Å². The maximum Gasteiger partial charge on any atom is 0.248 e. The Balaban J connectivity index is 1.53. The van der Waals surface area contributed by atoms with Gasteiger partial charge in [0, 0.05) is 80.5 Å². The number of carbonyl (C=O) groups excluding carboxylic acids is 2. The molecule has 7 heteroatoms. The molecule has 0 bridgehead atoms. The number of piperazine rings is 1. The highest BCUT2D eigenvalue weighted by Gasteiger charge is 2.36. The average molecular weight is 461 g/mol. The SMILES string of the molecule is COCCN1CCN(C2CCC(=O)c3c2n(Cc2cccc(C(N)=O)c2)c2ccccc32)CC1. The molecule has 0 radical (unpaired) electrons. The van der Waals surface area contributed by atoms with Gasteiger partial charge in [-0.2, -0.15) is 0 Å². The van der Waals surface area contributed by atoms with E-state index in [1.165, 1.54) is 0 Å². The minimum atomic E-state index is -0.430. The molecule has 2 aliphatic rings. The summed E-state index contributed by atoms with van der Waals surface area (Å²) in [5.74, 6) is -0.202. The Labute approximate surface area is 200 Å². The van der Waals surface area contributed by atoms with Crippen LogP contribution in [0.2, 0.25) is 0 Å². The number of methoxy groups -OCH3 is 1. The number of ketones is 1. The summed E-state index contributed by atoms with van der Waals surface area (Å²) < 4.78 is 7.55. The summed E-state index contributed by atoms with van der Waals surface area (Å²) >= 11 is 0. The fraction of sp³-hybridized carbons (Fsp3) is 0.407. The summed E-state index contributed by atoms with van der Waals surface area (Å²) in [7, 11) is 1.74. The third-order valence-electron chi connectivity index (χ3n) is 7.26. The molecule has 178 valence electrons. The van der Waals surface area contributed by atoms with Gasteiger partial charge in [-0.1, -0.05) is 30.3 Å². The normalized spacial score (nSPS) is 19.4. The van der Waals surface area contributed by atoms with Crippen LogP contribution in [0.1, 0.15) is 50.9 Å². The molecule has 0 spiro atoms. The zero-order valence-electron chi connectivity index (χ0n) is 19.7. The Kier molecular flexibility index (Phi) is 6.50. The Morgan fingerprint density at radius 1 is 1.09 bits per heavy atom. The molecule has 1 aliphatic heterocycles. The number of ether oxygens (including phenoxy) is 1. The molecular weight excluding hydrogens is 428 g/mol. The molecule has 1 aromatic heterocycles. The third-order valence-corrected chi connectivity index (χ3v) is 7.26. The number of aromatic nitrogens is 1. The van der Waals surface area contributed by atoms with Crippen molar-refractivity contribution in [3.05, 3.63) is 70.9 Å². The van der Waals surface area contributed by atoms with Crippen LogP contribution in [-0.2, 0) is 11.3 Å². The largest absolute Gasteiger partial charge is 0.383 e. The lowest BCUT2D eigenvalue weighted by atomic mass is 9.89. The van der Waals surface area contributed by atoms with Gasteiger partial charge >= 0.3 is 0 Å². The van der Waals surface area contributed by atoms with Gasteiger partial charge in [-0.3, -0.25) is 19.4 Å². The molecule has 1 saturated heterocycles. The molecule has 2 aromatic carbocycles. The smallest absolute Gasteiger partial charge is 0.248 e. The number of nitrogens with two attached hydrogens (primary N) is 1. The van der Waals surface area contributed by atoms with Crippen LogP contribution in [-0.4, -0.2) is 72.5 Å². The van der Waals surface area contributed by atoms with E-state index in [1.54, 1.807) is 13.2 Å². The lowest BCUT2D eigenvalue weighted by molar-refractivity contribution is 0.0639. The van der Waals surface area contributed by atoms with Crippen molar-refractivity contribution in [2.75, 3.05) is 46.4 Å². The van der Waals surface area contributed by atoms with Gasteiger partial charge in [0.15, 0.2) is 5.78 Å². The number of Topliss-reactive ketones (excluding diaryl/α,β-unsaturated/α-hetero) is 1. The number of benzene rings is 2. The molecular formula is C27H32N4O3. The molecule has 0 saturated carbocycles. The van der Waals surface area contributed by atoms with Crippen molar-refractivity contribution in [2.24, 2.45) is 5.73 Å². The minimum absolute atomic E-state index is 0.198. The zero-order chi connectivity index (χ0) is 23.7. The monoisotopic (exact) mass is 460 g/mol. The van der Waals surface area contributed by atoms with Crippen molar-refractivity contribution in [1.82, 2.24) is 14.4 Å². The van der Waals surface area contributed by atoms with E-state index in [-0.39, 0.29) is 11.8 Å². The van der Waals surface area contributed by atoms with Crippen LogP contribution >= 0.6 is 0 Å². The van der Waals surface area contributed by atoms with Crippen LogP contribution in [0.5, 0.6) is 0 Å². The Hall–Kier alpha value is -3.00. The molecule has 1 aliphatic carbocycles. The van der Waals surface area contributed by atoms with E-state index in [4.69, 9.17) is 10.5 Å². The first-order chi connectivity index (χ1) is 16.6. The molecule has 2 heterocycles. The van der Waals surface area contributed by atoms with E-state index in [2.05, 4.69) is 26.5 Å². The van der Waals surface area contributed by atoms with Crippen LogP contribution < -0.4 is 5.73 Å². The summed E-state index contributed by atoms with van der Waals surface area (Å²) in [6, 6.07) is 15.9. The first-order valence-corrected chi connectivity index (χ1v) is 12.0. The van der Waals surface area contributed by atoms with Crippen LogP contribution in [0.3, 0.4) is 0 Å². The van der Waals surface area contributed by atoms with E-state index >= 15 is 0 Å². The highest BCUT2D eigenvalue weighted by atomic mass is 16.5. The second kappa shape index (κ2) is 9.70. The number of para-hydroxylation sites is 1. The number of hydrogen-bond donors (Lipinski definition) is 1. The van der Waals surface area contributed by atoms with Gasteiger partial charge in [-0.05, 0) is 30.2 Å². The second-order valence-corrected chi connectivity index (χ2v) is 9.28. The number of primary amides is 1. The first kappa shape index (κ1) is 22.8. The topological polar surface area (TPSA) is 80.8 Å².